The van der Waals surface area contributed by atoms with Gasteiger partial charge in [-0.1, -0.05) is 23.7 Å². The highest BCUT2D eigenvalue weighted by Crippen LogP contribution is 2.46. The van der Waals surface area contributed by atoms with Gasteiger partial charge in [-0.25, -0.2) is 4.39 Å². The van der Waals surface area contributed by atoms with Crippen LogP contribution in [0.3, 0.4) is 0 Å². The Morgan fingerprint density at radius 3 is 2.70 bits per heavy atom. The minimum atomic E-state index is -2.58. The molecule has 1 aromatic carbocycles. The van der Waals surface area contributed by atoms with Gasteiger partial charge in [-0.15, -0.1) is 11.3 Å². The average molecular weight is 424 g/mol. The first kappa shape index (κ1) is 19.9. The van der Waals surface area contributed by atoms with Crippen LogP contribution < -0.4 is 5.73 Å². The predicted molar refractivity (Wildman–Crippen MR) is 113 cm³/mol. The lowest BCUT2D eigenvalue weighted by Gasteiger charge is -2.40. The number of hydrogen-bond donors (Lipinski definition) is 1. The van der Waals surface area contributed by atoms with Gasteiger partial charge in [0, 0.05) is 16.2 Å². The van der Waals surface area contributed by atoms with Gasteiger partial charge in [0.15, 0.2) is 0 Å². The average Bonchev–Trinajstić information content (AvgIpc) is 2.95. The van der Waals surface area contributed by atoms with E-state index in [-0.39, 0.29) is 17.2 Å². The molecule has 0 aliphatic carbocycles. The normalized spacial score (nSPS) is 27.0. The van der Waals surface area contributed by atoms with Crippen molar-refractivity contribution in [3.63, 3.8) is 0 Å². The molecule has 2 heterocycles. The molecule has 1 aliphatic heterocycles. The van der Waals surface area contributed by atoms with E-state index < -0.39 is 25.6 Å². The number of thiophene rings is 1. The fourth-order valence-corrected chi connectivity index (χ4v) is 6.70. The van der Waals surface area contributed by atoms with Crippen LogP contribution in [-0.4, -0.2) is 26.4 Å². The summed E-state index contributed by atoms with van der Waals surface area (Å²) < 4.78 is 26.9. The van der Waals surface area contributed by atoms with E-state index >= 15 is 0 Å². The Morgan fingerprint density at radius 1 is 1.44 bits per heavy atom. The molecule has 0 saturated heterocycles. The number of hydrogen-bond acceptors (Lipinski definition) is 5. The van der Waals surface area contributed by atoms with E-state index in [1.807, 2.05) is 13.0 Å². The molecule has 1 aromatic heterocycles. The van der Waals surface area contributed by atoms with Crippen LogP contribution in [0, 0.1) is 17.1 Å². The van der Waals surface area contributed by atoms with Gasteiger partial charge in [-0.3, -0.25) is 9.20 Å². The predicted octanol–water partition coefficient (Wildman–Crippen LogP) is 4.16. The second-order valence-corrected chi connectivity index (χ2v) is 11.7. The standard InChI is InChI=1S/C19H19ClFN3OS2/c1-18(2)17(23)24-19(3,10-27(18,4)25)16-13(20)8-14(26-16)12-7-5-6-11(9-22)15(12)21/h5-8H,4,10H2,1-3H3,(H2,23,24)/t19-,27?/m0/s1. The highest BCUT2D eigenvalue weighted by molar-refractivity contribution is 8.02. The van der Waals surface area contributed by atoms with Gasteiger partial charge in [0.25, 0.3) is 0 Å². The van der Waals surface area contributed by atoms with Crippen molar-refractivity contribution in [1.29, 1.82) is 5.26 Å². The van der Waals surface area contributed by atoms with Crippen LogP contribution in [0.1, 0.15) is 31.2 Å². The number of nitriles is 1. The first-order valence-electron chi connectivity index (χ1n) is 8.12. The van der Waals surface area contributed by atoms with Crippen molar-refractivity contribution in [2.24, 2.45) is 10.7 Å². The molecule has 3 rings (SSSR count). The number of aliphatic imine (C=N–C) groups is 1. The Labute approximate surface area is 167 Å². The van der Waals surface area contributed by atoms with E-state index in [2.05, 4.69) is 10.9 Å². The largest absolute Gasteiger partial charge is 0.386 e. The second-order valence-electron chi connectivity index (χ2n) is 7.30. The lowest BCUT2D eigenvalue weighted by molar-refractivity contribution is 0.543. The molecular formula is C19H19ClFN3OS2. The van der Waals surface area contributed by atoms with Gasteiger partial charge >= 0.3 is 0 Å². The van der Waals surface area contributed by atoms with Gasteiger partial charge in [0.2, 0.25) is 0 Å². The summed E-state index contributed by atoms with van der Waals surface area (Å²) in [6.07, 6.45) is 0. The minimum Gasteiger partial charge on any atom is -0.386 e. The third-order valence-corrected chi connectivity index (χ3v) is 9.92. The van der Waals surface area contributed by atoms with Gasteiger partial charge < -0.3 is 5.73 Å². The van der Waals surface area contributed by atoms with Crippen molar-refractivity contribution >= 4 is 44.2 Å². The van der Waals surface area contributed by atoms with Gasteiger partial charge in [0.1, 0.15) is 23.3 Å². The van der Waals surface area contributed by atoms with E-state index in [0.29, 0.717) is 20.3 Å². The van der Waals surface area contributed by atoms with Crippen LogP contribution in [-0.2, 0) is 15.1 Å². The molecule has 2 N–H and O–H groups in total. The summed E-state index contributed by atoms with van der Waals surface area (Å²) in [4.78, 5) is 5.83. The van der Waals surface area contributed by atoms with Gasteiger partial charge in [0.05, 0.1) is 20.2 Å². The van der Waals surface area contributed by atoms with E-state index in [9.17, 15) is 8.60 Å². The molecule has 8 heteroatoms. The van der Waals surface area contributed by atoms with E-state index in [1.54, 1.807) is 32.0 Å². The summed E-state index contributed by atoms with van der Waals surface area (Å²) in [6, 6.07) is 8.11. The molecule has 0 saturated carbocycles. The summed E-state index contributed by atoms with van der Waals surface area (Å²) in [5.74, 6) is 3.78. The zero-order chi connectivity index (χ0) is 20.2. The number of amidine groups is 1. The van der Waals surface area contributed by atoms with Crippen molar-refractivity contribution in [2.45, 2.75) is 31.1 Å². The molecule has 27 heavy (non-hydrogen) atoms. The molecule has 0 amide bonds. The van der Waals surface area contributed by atoms with E-state index in [4.69, 9.17) is 22.6 Å². The second kappa shape index (κ2) is 6.33. The number of rotatable bonds is 2. The number of benzene rings is 1. The fourth-order valence-electron chi connectivity index (χ4n) is 3.05. The summed E-state index contributed by atoms with van der Waals surface area (Å²) in [7, 11) is -2.58. The molecule has 1 unspecified atom stereocenters. The summed E-state index contributed by atoms with van der Waals surface area (Å²) in [6.45, 7) is 5.35. The topological polar surface area (TPSA) is 79.2 Å². The first-order valence-corrected chi connectivity index (χ1v) is 11.2. The molecule has 142 valence electrons. The zero-order valence-corrected chi connectivity index (χ0v) is 17.6. The third-order valence-electron chi connectivity index (χ3n) is 4.99. The van der Waals surface area contributed by atoms with Crippen molar-refractivity contribution in [3.8, 4) is 16.5 Å². The highest BCUT2D eigenvalue weighted by atomic mass is 35.5. The lowest BCUT2D eigenvalue weighted by atomic mass is 10.0. The van der Waals surface area contributed by atoms with Crippen molar-refractivity contribution < 1.29 is 8.60 Å². The minimum absolute atomic E-state index is 0.0350. The molecule has 0 spiro atoms. The number of halogens is 2. The molecular weight excluding hydrogens is 405 g/mol. The number of nitrogens with zero attached hydrogens (tertiary/aromatic N) is 2. The maximum absolute atomic E-state index is 14.6. The Balaban J connectivity index is 2.17. The Kier molecular flexibility index (Phi) is 4.66. The Bertz CT molecular complexity index is 1110. The van der Waals surface area contributed by atoms with Gasteiger partial charge in [-0.2, -0.15) is 5.26 Å². The molecule has 1 aliphatic rings. The van der Waals surface area contributed by atoms with Gasteiger partial charge in [-0.05, 0) is 48.3 Å². The molecule has 2 aromatic rings. The summed E-state index contributed by atoms with van der Waals surface area (Å²) in [5.41, 5.74) is 5.47. The van der Waals surface area contributed by atoms with Crippen molar-refractivity contribution in [3.05, 3.63) is 45.5 Å². The van der Waals surface area contributed by atoms with Crippen LogP contribution in [0.25, 0.3) is 10.4 Å². The highest BCUT2D eigenvalue weighted by Gasteiger charge is 2.46. The molecule has 0 fully saturated rings. The lowest BCUT2D eigenvalue weighted by Crippen LogP contribution is -2.54. The molecule has 0 bridgehead atoms. The van der Waals surface area contributed by atoms with Crippen LogP contribution in [0.4, 0.5) is 4.39 Å². The third kappa shape index (κ3) is 3.06. The van der Waals surface area contributed by atoms with Crippen LogP contribution in [0.2, 0.25) is 5.02 Å². The molecule has 2 atom stereocenters. The zero-order valence-electron chi connectivity index (χ0n) is 15.2. The maximum Gasteiger partial charge on any atom is 0.149 e. The SMILES string of the molecule is C=S1(=O)C[C@@](C)(c2sc(-c3cccc(C#N)c3F)cc2Cl)N=C(N)C1(C)C. The van der Waals surface area contributed by atoms with Crippen molar-refractivity contribution in [1.82, 2.24) is 0 Å². The Morgan fingerprint density at radius 2 is 2.11 bits per heavy atom. The van der Waals surface area contributed by atoms with E-state index in [1.165, 1.54) is 17.4 Å². The van der Waals surface area contributed by atoms with Crippen LogP contribution >= 0.6 is 22.9 Å². The monoisotopic (exact) mass is 423 g/mol. The van der Waals surface area contributed by atoms with Crippen LogP contribution in [0.5, 0.6) is 0 Å². The Hall–Kier alpha value is -1.88. The maximum atomic E-state index is 14.6. The quantitative estimate of drug-likeness (QED) is 0.736. The van der Waals surface area contributed by atoms with E-state index in [0.717, 1.165) is 0 Å². The first-order chi connectivity index (χ1) is 12.4. The smallest absolute Gasteiger partial charge is 0.149 e. The molecule has 0 radical (unpaired) electrons. The summed E-state index contributed by atoms with van der Waals surface area (Å²) >= 11 is 7.71. The molecule has 4 nitrogen and oxygen atoms in total. The number of nitrogens with two attached hydrogens (primary N) is 1. The fraction of sp³-hybridized carbons (Fsp3) is 0.316. The van der Waals surface area contributed by atoms with Crippen molar-refractivity contribution in [2.75, 3.05) is 5.75 Å². The summed E-state index contributed by atoms with van der Waals surface area (Å²) in [5, 5.41) is 9.44. The van der Waals surface area contributed by atoms with Crippen LogP contribution in [0.15, 0.2) is 29.3 Å².